The van der Waals surface area contributed by atoms with Gasteiger partial charge >= 0.3 is 0 Å². The van der Waals surface area contributed by atoms with Gasteiger partial charge in [-0.15, -0.1) is 0 Å². The Labute approximate surface area is 108 Å². The van der Waals surface area contributed by atoms with E-state index in [-0.39, 0.29) is 5.75 Å². The summed E-state index contributed by atoms with van der Waals surface area (Å²) in [5.74, 6) is -0.0872. The SMILES string of the molecule is CCC(C)(C)NS(=O)(=O)Cc1ccccc1Cl. The highest BCUT2D eigenvalue weighted by atomic mass is 35.5. The van der Waals surface area contributed by atoms with E-state index in [1.165, 1.54) is 0 Å². The Balaban J connectivity index is 2.85. The molecule has 0 bridgehead atoms. The van der Waals surface area contributed by atoms with Crippen LogP contribution in [0.5, 0.6) is 0 Å². The first-order valence-electron chi connectivity index (χ1n) is 5.51. The van der Waals surface area contributed by atoms with Crippen LogP contribution < -0.4 is 4.72 Å². The molecular weight excluding hydrogens is 258 g/mol. The predicted octanol–water partition coefficient (Wildman–Crippen LogP) is 2.95. The average Bonchev–Trinajstić information content (AvgIpc) is 2.20. The molecule has 0 saturated heterocycles. The molecule has 0 fully saturated rings. The molecule has 1 aromatic carbocycles. The number of rotatable bonds is 5. The lowest BCUT2D eigenvalue weighted by molar-refractivity contribution is 0.439. The molecule has 96 valence electrons. The van der Waals surface area contributed by atoms with Crippen LogP contribution in [0, 0.1) is 0 Å². The second-order valence-electron chi connectivity index (χ2n) is 4.69. The first kappa shape index (κ1) is 14.5. The topological polar surface area (TPSA) is 46.2 Å². The zero-order valence-corrected chi connectivity index (χ0v) is 11.9. The Hall–Kier alpha value is -0.580. The number of hydrogen-bond donors (Lipinski definition) is 1. The van der Waals surface area contributed by atoms with Gasteiger partial charge in [0.15, 0.2) is 0 Å². The maximum Gasteiger partial charge on any atom is 0.216 e. The minimum atomic E-state index is -3.36. The minimum Gasteiger partial charge on any atom is -0.212 e. The second kappa shape index (κ2) is 5.38. The van der Waals surface area contributed by atoms with Gasteiger partial charge in [0, 0.05) is 10.6 Å². The van der Waals surface area contributed by atoms with Crippen LogP contribution in [-0.2, 0) is 15.8 Å². The highest BCUT2D eigenvalue weighted by molar-refractivity contribution is 7.88. The number of hydrogen-bond acceptors (Lipinski definition) is 2. The van der Waals surface area contributed by atoms with Gasteiger partial charge in [0.2, 0.25) is 10.0 Å². The van der Waals surface area contributed by atoms with Gasteiger partial charge in [0.25, 0.3) is 0 Å². The van der Waals surface area contributed by atoms with E-state index in [4.69, 9.17) is 11.6 Å². The zero-order chi connectivity index (χ0) is 13.1. The fourth-order valence-electron chi connectivity index (χ4n) is 1.35. The molecular formula is C12H18ClNO2S. The summed E-state index contributed by atoms with van der Waals surface area (Å²) in [6.07, 6.45) is 0.731. The van der Waals surface area contributed by atoms with Crippen molar-refractivity contribution >= 4 is 21.6 Å². The third kappa shape index (κ3) is 4.66. The fourth-order valence-corrected chi connectivity index (χ4v) is 3.35. The normalized spacial score (nSPS) is 12.7. The molecule has 0 aliphatic heterocycles. The smallest absolute Gasteiger partial charge is 0.212 e. The number of benzene rings is 1. The monoisotopic (exact) mass is 275 g/mol. The van der Waals surface area contributed by atoms with Crippen LogP contribution in [0.4, 0.5) is 0 Å². The Bertz CT molecular complexity index is 483. The maximum absolute atomic E-state index is 12.0. The van der Waals surface area contributed by atoms with Crippen molar-refractivity contribution in [2.24, 2.45) is 0 Å². The second-order valence-corrected chi connectivity index (χ2v) is 6.82. The molecule has 1 rings (SSSR count). The summed E-state index contributed by atoms with van der Waals surface area (Å²) in [5.41, 5.74) is 0.189. The lowest BCUT2D eigenvalue weighted by Gasteiger charge is -2.24. The van der Waals surface area contributed by atoms with Gasteiger partial charge in [-0.1, -0.05) is 36.7 Å². The molecule has 0 radical (unpaired) electrons. The standard InChI is InChI=1S/C12H18ClNO2S/c1-4-12(2,3)14-17(15,16)9-10-7-5-6-8-11(10)13/h5-8,14H,4,9H2,1-3H3. The zero-order valence-electron chi connectivity index (χ0n) is 10.3. The Kier molecular flexibility index (Phi) is 4.58. The molecule has 1 N–H and O–H groups in total. The molecule has 5 heteroatoms. The molecule has 0 saturated carbocycles. The van der Waals surface area contributed by atoms with Crippen molar-refractivity contribution < 1.29 is 8.42 Å². The number of sulfonamides is 1. The van der Waals surface area contributed by atoms with Crippen molar-refractivity contribution in [1.82, 2.24) is 4.72 Å². The molecule has 0 unspecified atom stereocenters. The van der Waals surface area contributed by atoms with Crippen molar-refractivity contribution in [2.75, 3.05) is 0 Å². The van der Waals surface area contributed by atoms with Crippen LogP contribution in [0.25, 0.3) is 0 Å². The van der Waals surface area contributed by atoms with Gasteiger partial charge in [0.1, 0.15) is 0 Å². The van der Waals surface area contributed by atoms with Crippen molar-refractivity contribution in [1.29, 1.82) is 0 Å². The van der Waals surface area contributed by atoms with E-state index in [0.717, 1.165) is 6.42 Å². The molecule has 3 nitrogen and oxygen atoms in total. The lowest BCUT2D eigenvalue weighted by Crippen LogP contribution is -2.43. The van der Waals surface area contributed by atoms with Crippen LogP contribution in [0.2, 0.25) is 5.02 Å². The van der Waals surface area contributed by atoms with E-state index in [1.807, 2.05) is 20.8 Å². The van der Waals surface area contributed by atoms with E-state index < -0.39 is 15.6 Å². The fraction of sp³-hybridized carbons (Fsp3) is 0.500. The summed E-state index contributed by atoms with van der Waals surface area (Å²) in [4.78, 5) is 0. The third-order valence-corrected chi connectivity index (χ3v) is 4.54. The van der Waals surface area contributed by atoms with Gasteiger partial charge in [-0.3, -0.25) is 0 Å². The summed E-state index contributed by atoms with van der Waals surface area (Å²) in [6.45, 7) is 5.66. The largest absolute Gasteiger partial charge is 0.216 e. The first-order valence-corrected chi connectivity index (χ1v) is 7.54. The molecule has 1 aromatic rings. The summed E-state index contributed by atoms with van der Waals surface area (Å²) in [7, 11) is -3.36. The first-order chi connectivity index (χ1) is 7.76. The third-order valence-electron chi connectivity index (χ3n) is 2.62. The molecule has 0 heterocycles. The molecule has 0 aliphatic rings. The molecule has 0 atom stereocenters. The van der Waals surface area contributed by atoms with E-state index in [2.05, 4.69) is 4.72 Å². The minimum absolute atomic E-state index is 0.0872. The van der Waals surface area contributed by atoms with E-state index >= 15 is 0 Å². The molecule has 17 heavy (non-hydrogen) atoms. The molecule has 0 amide bonds. The highest BCUT2D eigenvalue weighted by Crippen LogP contribution is 2.18. The summed E-state index contributed by atoms with van der Waals surface area (Å²) < 4.78 is 26.6. The average molecular weight is 276 g/mol. The van der Waals surface area contributed by atoms with Crippen LogP contribution in [0.3, 0.4) is 0 Å². The van der Waals surface area contributed by atoms with E-state index in [0.29, 0.717) is 10.6 Å². The quantitative estimate of drug-likeness (QED) is 0.898. The highest BCUT2D eigenvalue weighted by Gasteiger charge is 2.23. The summed E-state index contributed by atoms with van der Waals surface area (Å²) in [6, 6.07) is 6.97. The Morgan fingerprint density at radius 1 is 1.29 bits per heavy atom. The van der Waals surface area contributed by atoms with Gasteiger partial charge in [0.05, 0.1) is 5.75 Å². The summed E-state index contributed by atoms with van der Waals surface area (Å²) >= 11 is 5.94. The van der Waals surface area contributed by atoms with Crippen LogP contribution >= 0.6 is 11.6 Å². The molecule has 0 aromatic heterocycles. The maximum atomic E-state index is 12.0. The van der Waals surface area contributed by atoms with Crippen LogP contribution in [0.1, 0.15) is 32.8 Å². The van der Waals surface area contributed by atoms with Gasteiger partial charge in [-0.05, 0) is 31.9 Å². The van der Waals surface area contributed by atoms with Crippen molar-refractivity contribution in [3.8, 4) is 0 Å². The van der Waals surface area contributed by atoms with Crippen molar-refractivity contribution in [3.63, 3.8) is 0 Å². The van der Waals surface area contributed by atoms with Gasteiger partial charge in [-0.25, -0.2) is 13.1 Å². The Morgan fingerprint density at radius 3 is 2.41 bits per heavy atom. The van der Waals surface area contributed by atoms with Crippen LogP contribution in [-0.4, -0.2) is 14.0 Å². The predicted molar refractivity (Wildman–Crippen MR) is 71.6 cm³/mol. The van der Waals surface area contributed by atoms with Crippen molar-refractivity contribution in [3.05, 3.63) is 34.9 Å². The number of halogens is 1. The lowest BCUT2D eigenvalue weighted by atomic mass is 10.0. The van der Waals surface area contributed by atoms with Crippen LogP contribution in [0.15, 0.2) is 24.3 Å². The van der Waals surface area contributed by atoms with Gasteiger partial charge in [-0.2, -0.15) is 0 Å². The molecule has 0 aliphatic carbocycles. The number of nitrogens with one attached hydrogen (secondary N) is 1. The van der Waals surface area contributed by atoms with E-state index in [9.17, 15) is 8.42 Å². The van der Waals surface area contributed by atoms with Gasteiger partial charge < -0.3 is 0 Å². The van der Waals surface area contributed by atoms with Crippen molar-refractivity contribution in [2.45, 2.75) is 38.5 Å². The Morgan fingerprint density at radius 2 is 1.88 bits per heavy atom. The molecule has 0 spiro atoms. The summed E-state index contributed by atoms with van der Waals surface area (Å²) in [5, 5.41) is 0.479. The van der Waals surface area contributed by atoms with E-state index in [1.54, 1.807) is 24.3 Å².